The number of amides is 3. The first-order valence-electron chi connectivity index (χ1n) is 13.7. The van der Waals surface area contributed by atoms with Crippen LogP contribution in [-0.4, -0.2) is 63.2 Å². The van der Waals surface area contributed by atoms with E-state index in [1.165, 1.54) is 22.9 Å². The van der Waals surface area contributed by atoms with E-state index < -0.39 is 35.1 Å². The Hall–Kier alpha value is -4.26. The number of nitrogens with one attached hydrogen (secondary N) is 2. The van der Waals surface area contributed by atoms with Crippen molar-refractivity contribution in [2.75, 3.05) is 18.9 Å². The number of hydrogen-bond acceptors (Lipinski definition) is 5. The number of nitrogens with zero attached hydrogens (tertiary/aromatic N) is 4. The van der Waals surface area contributed by atoms with Crippen molar-refractivity contribution in [2.45, 2.75) is 62.9 Å². The Morgan fingerprint density at radius 2 is 2.02 bits per heavy atom. The number of likely N-dealkylation sites (tertiary alicyclic amines) is 1. The van der Waals surface area contributed by atoms with Gasteiger partial charge in [0, 0.05) is 37.2 Å². The van der Waals surface area contributed by atoms with Gasteiger partial charge in [-0.2, -0.15) is 5.26 Å². The summed E-state index contributed by atoms with van der Waals surface area (Å²) in [7, 11) is 1.53. The average molecular weight is 543 g/mol. The molecule has 9 nitrogen and oxygen atoms in total. The minimum atomic E-state index is -1.02. The number of hydrogen-bond donors (Lipinski definition) is 2. The zero-order valence-electron chi connectivity index (χ0n) is 22.7. The normalized spacial score (nSPS) is 22.4. The van der Waals surface area contributed by atoms with Gasteiger partial charge in [-0.3, -0.25) is 14.4 Å². The van der Waals surface area contributed by atoms with Crippen molar-refractivity contribution in [3.05, 3.63) is 59.2 Å². The molecule has 3 aliphatic rings. The van der Waals surface area contributed by atoms with Crippen LogP contribution in [0.25, 0.3) is 11.0 Å². The molecule has 2 N–H and O–H groups in total. The van der Waals surface area contributed by atoms with Crippen LogP contribution < -0.4 is 5.32 Å². The third-order valence-corrected chi connectivity index (χ3v) is 8.45. The number of para-hydroxylation sites is 1. The van der Waals surface area contributed by atoms with Crippen LogP contribution in [0.5, 0.6) is 0 Å². The van der Waals surface area contributed by atoms with E-state index in [-0.39, 0.29) is 35.9 Å². The van der Waals surface area contributed by atoms with Crippen LogP contribution in [0.3, 0.4) is 0 Å². The summed E-state index contributed by atoms with van der Waals surface area (Å²) >= 11 is 0. The monoisotopic (exact) mass is 542 g/mol. The zero-order valence-corrected chi connectivity index (χ0v) is 22.7. The van der Waals surface area contributed by atoms with Gasteiger partial charge in [0.15, 0.2) is 5.82 Å². The molecule has 1 aliphatic carbocycles. The average Bonchev–Trinajstić information content (AvgIpc) is 3.47. The number of nitriles is 1. The summed E-state index contributed by atoms with van der Waals surface area (Å²) in [6, 6.07) is 10.5. The number of likely N-dealkylation sites (N-methyl/N-ethyl adjacent to an activating group) is 1. The van der Waals surface area contributed by atoms with Gasteiger partial charge in [-0.25, -0.2) is 9.37 Å². The van der Waals surface area contributed by atoms with Crippen molar-refractivity contribution in [1.29, 1.82) is 5.26 Å². The SMILES string of the molecule is CC(C)C[C@@H](C(=O)N1C[C@]2(C[C@H]1C#N)C(=O)Nc1ccccc12)N(C)C(=O)c1cc(F)c2nc(C3CC3)[nH]c2c1. The van der Waals surface area contributed by atoms with Gasteiger partial charge in [0.25, 0.3) is 5.91 Å². The summed E-state index contributed by atoms with van der Waals surface area (Å²) in [5, 5.41) is 12.9. The Bertz CT molecular complexity index is 1590. The van der Waals surface area contributed by atoms with Gasteiger partial charge in [-0.05, 0) is 48.9 Å². The minimum absolute atomic E-state index is 0.0439. The van der Waals surface area contributed by atoms with Crippen LogP contribution in [-0.2, 0) is 15.0 Å². The molecule has 1 aromatic heterocycles. The second-order valence-electron chi connectivity index (χ2n) is 11.7. The van der Waals surface area contributed by atoms with Crippen molar-refractivity contribution in [2.24, 2.45) is 5.92 Å². The highest BCUT2D eigenvalue weighted by molar-refractivity contribution is 6.07. The van der Waals surface area contributed by atoms with E-state index in [1.807, 2.05) is 38.1 Å². The molecule has 3 aromatic rings. The highest BCUT2D eigenvalue weighted by atomic mass is 19.1. The first-order valence-corrected chi connectivity index (χ1v) is 13.7. The summed E-state index contributed by atoms with van der Waals surface area (Å²) in [6.45, 7) is 3.94. The molecule has 0 bridgehead atoms. The number of aromatic nitrogens is 2. The van der Waals surface area contributed by atoms with Gasteiger partial charge < -0.3 is 20.1 Å². The van der Waals surface area contributed by atoms with E-state index in [0.29, 0.717) is 23.5 Å². The Labute approximate surface area is 231 Å². The lowest BCUT2D eigenvalue weighted by molar-refractivity contribution is -0.136. The predicted octanol–water partition coefficient (Wildman–Crippen LogP) is 4.08. The number of aromatic amines is 1. The van der Waals surface area contributed by atoms with Crippen LogP contribution in [0.2, 0.25) is 0 Å². The third kappa shape index (κ3) is 4.12. The van der Waals surface area contributed by atoms with Gasteiger partial charge in [-0.15, -0.1) is 0 Å². The first kappa shape index (κ1) is 26.0. The van der Waals surface area contributed by atoms with Crippen molar-refractivity contribution >= 4 is 34.4 Å². The fourth-order valence-corrected chi connectivity index (χ4v) is 6.16. The van der Waals surface area contributed by atoms with Crippen LogP contribution in [0.15, 0.2) is 36.4 Å². The standard InChI is InChI=1S/C30H31FN6O3/c1-16(2)10-24(36(3)27(38)18-11-21(31)25-23(12-18)33-26(35-25)17-8-9-17)28(39)37-15-30(13-19(37)14-32)20-6-4-5-7-22(20)34-29(30)40/h4-7,11-12,16-17,19,24H,8-10,13,15H2,1-3H3,(H,33,35)(H,34,40)/t19-,24-,30-/m0/s1. The number of carbonyl (C=O) groups excluding carboxylic acids is 3. The number of benzene rings is 2. The number of rotatable bonds is 6. The molecule has 6 rings (SSSR count). The summed E-state index contributed by atoms with van der Waals surface area (Å²) < 4.78 is 15.0. The minimum Gasteiger partial charge on any atom is -0.342 e. The lowest BCUT2D eigenvalue weighted by Gasteiger charge is -2.33. The van der Waals surface area contributed by atoms with Crippen LogP contribution in [0.4, 0.5) is 10.1 Å². The summed E-state index contributed by atoms with van der Waals surface area (Å²) in [4.78, 5) is 51.3. The molecule has 3 heterocycles. The zero-order chi connectivity index (χ0) is 28.3. The van der Waals surface area contributed by atoms with Crippen molar-refractivity contribution in [1.82, 2.24) is 19.8 Å². The molecule has 2 fully saturated rings. The highest BCUT2D eigenvalue weighted by Crippen LogP contribution is 2.46. The fraction of sp³-hybridized carbons (Fsp3) is 0.433. The molecular weight excluding hydrogens is 511 g/mol. The van der Waals surface area contributed by atoms with Crippen LogP contribution in [0, 0.1) is 23.1 Å². The summed E-state index contributed by atoms with van der Waals surface area (Å²) in [6.07, 6.45) is 2.52. The topological polar surface area (TPSA) is 122 Å². The number of fused-ring (bicyclic) bond motifs is 3. The Morgan fingerprint density at radius 3 is 2.73 bits per heavy atom. The lowest BCUT2D eigenvalue weighted by Crippen LogP contribution is -2.52. The molecule has 0 radical (unpaired) electrons. The van der Waals surface area contributed by atoms with Crippen molar-refractivity contribution < 1.29 is 18.8 Å². The van der Waals surface area contributed by atoms with E-state index in [9.17, 15) is 19.6 Å². The summed E-state index contributed by atoms with van der Waals surface area (Å²) in [5.74, 6) is -0.665. The van der Waals surface area contributed by atoms with Crippen molar-refractivity contribution in [3.8, 4) is 6.07 Å². The number of carbonyl (C=O) groups is 3. The number of imidazole rings is 1. The van der Waals surface area contributed by atoms with Gasteiger partial charge in [0.05, 0.1) is 17.0 Å². The largest absolute Gasteiger partial charge is 0.342 e. The number of anilines is 1. The molecule has 3 atom stereocenters. The molecule has 40 heavy (non-hydrogen) atoms. The Morgan fingerprint density at radius 1 is 1.27 bits per heavy atom. The Balaban J connectivity index is 1.30. The maximum Gasteiger partial charge on any atom is 0.254 e. The van der Waals surface area contributed by atoms with E-state index in [1.54, 1.807) is 6.07 Å². The Kier molecular flexibility index (Phi) is 6.13. The van der Waals surface area contributed by atoms with Crippen molar-refractivity contribution in [3.63, 3.8) is 0 Å². The summed E-state index contributed by atoms with van der Waals surface area (Å²) in [5.41, 5.74) is 1.19. The molecule has 1 spiro atoms. The third-order valence-electron chi connectivity index (χ3n) is 8.45. The maximum atomic E-state index is 15.0. The molecule has 3 amide bonds. The number of H-pyrrole nitrogens is 1. The van der Waals surface area contributed by atoms with Gasteiger partial charge >= 0.3 is 0 Å². The van der Waals surface area contributed by atoms with Gasteiger partial charge in [0.1, 0.15) is 23.4 Å². The molecule has 2 aromatic carbocycles. The first-order chi connectivity index (χ1) is 19.1. The van der Waals surface area contributed by atoms with Gasteiger partial charge in [-0.1, -0.05) is 32.0 Å². The van der Waals surface area contributed by atoms with E-state index in [4.69, 9.17) is 0 Å². The molecule has 0 unspecified atom stereocenters. The van der Waals surface area contributed by atoms with E-state index in [2.05, 4.69) is 21.4 Å². The molecule has 10 heteroatoms. The lowest BCUT2D eigenvalue weighted by atomic mass is 9.80. The number of halogens is 1. The highest BCUT2D eigenvalue weighted by Gasteiger charge is 2.56. The van der Waals surface area contributed by atoms with Crippen LogP contribution in [0.1, 0.15) is 67.2 Å². The molecule has 1 saturated heterocycles. The van der Waals surface area contributed by atoms with E-state index in [0.717, 1.165) is 24.2 Å². The predicted molar refractivity (Wildman–Crippen MR) is 146 cm³/mol. The quantitative estimate of drug-likeness (QED) is 0.486. The maximum absolute atomic E-state index is 15.0. The van der Waals surface area contributed by atoms with Crippen LogP contribution >= 0.6 is 0 Å². The smallest absolute Gasteiger partial charge is 0.254 e. The fourth-order valence-electron chi connectivity index (χ4n) is 6.16. The van der Waals surface area contributed by atoms with E-state index >= 15 is 4.39 Å². The molecule has 2 aliphatic heterocycles. The molecule has 1 saturated carbocycles. The second kappa shape index (κ2) is 9.44. The van der Waals surface area contributed by atoms with Gasteiger partial charge in [0.2, 0.25) is 11.8 Å². The molecule has 206 valence electrons. The molecular formula is C30H31FN6O3. The second-order valence-corrected chi connectivity index (χ2v) is 11.7.